The van der Waals surface area contributed by atoms with Crippen LogP contribution in [0.5, 0.6) is 0 Å². The Kier molecular flexibility index (Phi) is 4.67. The van der Waals surface area contributed by atoms with E-state index in [9.17, 15) is 9.00 Å². The van der Waals surface area contributed by atoms with Crippen molar-refractivity contribution in [2.45, 2.75) is 10.9 Å². The molecular weight excluding hydrogens is 342 g/mol. The number of benzene rings is 3. The lowest BCUT2D eigenvalue weighted by Gasteiger charge is -2.25. The zero-order valence-electron chi connectivity index (χ0n) is 14.2. The van der Waals surface area contributed by atoms with Gasteiger partial charge in [-0.05, 0) is 29.3 Å². The molecule has 3 nitrogen and oxygen atoms in total. The van der Waals surface area contributed by atoms with Gasteiger partial charge in [0.1, 0.15) is 0 Å². The molecule has 0 saturated heterocycles. The molecule has 1 heterocycles. The lowest BCUT2D eigenvalue weighted by Crippen LogP contribution is -2.32. The first-order chi connectivity index (χ1) is 12.8. The number of hydrogen-bond donors (Lipinski definition) is 0. The van der Waals surface area contributed by atoms with Gasteiger partial charge in [-0.1, -0.05) is 66.7 Å². The molecule has 0 fully saturated rings. The number of carbonyl (C=O) groups is 1. The Labute approximate surface area is 155 Å². The van der Waals surface area contributed by atoms with E-state index in [2.05, 4.69) is 0 Å². The Balaban J connectivity index is 1.62. The van der Waals surface area contributed by atoms with Gasteiger partial charge in [0.25, 0.3) is 5.91 Å². The van der Waals surface area contributed by atoms with Crippen LogP contribution in [-0.2, 0) is 10.8 Å². The van der Waals surface area contributed by atoms with Crippen LogP contribution in [0.2, 0.25) is 0 Å². The molecule has 2 atom stereocenters. The molecule has 0 bridgehead atoms. The van der Waals surface area contributed by atoms with Crippen molar-refractivity contribution in [1.29, 1.82) is 0 Å². The van der Waals surface area contributed by atoms with E-state index in [0.29, 0.717) is 12.3 Å². The maximum absolute atomic E-state index is 13.0. The molecular formula is C22H19NO2S. The van der Waals surface area contributed by atoms with Crippen LogP contribution < -0.4 is 0 Å². The first-order valence-electron chi connectivity index (χ1n) is 8.64. The Morgan fingerprint density at radius 3 is 2.15 bits per heavy atom. The zero-order chi connectivity index (χ0) is 17.9. The first-order valence-corrected chi connectivity index (χ1v) is 9.96. The molecule has 2 unspecified atom stereocenters. The SMILES string of the molecule is O=C1c2ccccc2C(c2ccccc2)N1CCS(=O)c1ccccc1. The summed E-state index contributed by atoms with van der Waals surface area (Å²) in [5, 5.41) is 0. The minimum absolute atomic E-state index is 0.0134. The molecule has 26 heavy (non-hydrogen) atoms. The Morgan fingerprint density at radius 2 is 1.42 bits per heavy atom. The number of hydrogen-bond acceptors (Lipinski definition) is 2. The van der Waals surface area contributed by atoms with E-state index in [-0.39, 0.29) is 11.9 Å². The van der Waals surface area contributed by atoms with Crippen molar-refractivity contribution >= 4 is 16.7 Å². The summed E-state index contributed by atoms with van der Waals surface area (Å²) < 4.78 is 12.6. The minimum Gasteiger partial charge on any atom is -0.327 e. The number of nitrogens with zero attached hydrogens (tertiary/aromatic N) is 1. The second-order valence-electron chi connectivity index (χ2n) is 6.26. The molecule has 3 aromatic rings. The third kappa shape index (κ3) is 3.08. The van der Waals surface area contributed by atoms with Crippen LogP contribution in [0, 0.1) is 0 Å². The average molecular weight is 361 g/mol. The summed E-state index contributed by atoms with van der Waals surface area (Å²) in [4.78, 5) is 15.6. The van der Waals surface area contributed by atoms with Crippen LogP contribution in [0.3, 0.4) is 0 Å². The Morgan fingerprint density at radius 1 is 0.808 bits per heavy atom. The highest BCUT2D eigenvalue weighted by Gasteiger charge is 2.37. The van der Waals surface area contributed by atoms with Gasteiger partial charge in [0.2, 0.25) is 0 Å². The van der Waals surface area contributed by atoms with E-state index in [1.807, 2.05) is 89.8 Å². The number of carbonyl (C=O) groups excluding carboxylic acids is 1. The topological polar surface area (TPSA) is 37.4 Å². The third-order valence-electron chi connectivity index (χ3n) is 4.70. The predicted molar refractivity (Wildman–Crippen MR) is 103 cm³/mol. The second-order valence-corrected chi connectivity index (χ2v) is 7.83. The van der Waals surface area contributed by atoms with Crippen molar-refractivity contribution in [1.82, 2.24) is 4.90 Å². The highest BCUT2D eigenvalue weighted by Crippen LogP contribution is 2.38. The van der Waals surface area contributed by atoms with Gasteiger partial charge < -0.3 is 4.90 Å². The highest BCUT2D eigenvalue weighted by atomic mass is 32.2. The average Bonchev–Trinajstić information content (AvgIpc) is 2.99. The molecule has 1 aliphatic heterocycles. The zero-order valence-corrected chi connectivity index (χ0v) is 15.1. The van der Waals surface area contributed by atoms with Crippen molar-refractivity contribution in [2.24, 2.45) is 0 Å². The molecule has 0 aliphatic carbocycles. The standard InChI is InChI=1S/C22H19NO2S/c24-22-20-14-8-7-13-19(20)21(17-9-3-1-4-10-17)23(22)15-16-26(25)18-11-5-2-6-12-18/h1-14,21H,15-16H2. The van der Waals surface area contributed by atoms with E-state index < -0.39 is 10.8 Å². The normalized spacial score (nSPS) is 17.2. The van der Waals surface area contributed by atoms with E-state index in [4.69, 9.17) is 0 Å². The second kappa shape index (κ2) is 7.26. The van der Waals surface area contributed by atoms with Gasteiger partial charge in [0, 0.05) is 22.8 Å². The summed E-state index contributed by atoms with van der Waals surface area (Å²) in [6.07, 6.45) is 0. The molecule has 0 spiro atoms. The third-order valence-corrected chi connectivity index (χ3v) is 6.05. The molecule has 0 N–H and O–H groups in total. The van der Waals surface area contributed by atoms with Gasteiger partial charge in [-0.25, -0.2) is 0 Å². The van der Waals surface area contributed by atoms with Crippen molar-refractivity contribution in [2.75, 3.05) is 12.3 Å². The van der Waals surface area contributed by atoms with Gasteiger partial charge in [0.15, 0.2) is 0 Å². The molecule has 1 aliphatic rings. The van der Waals surface area contributed by atoms with Crippen LogP contribution in [0.15, 0.2) is 89.8 Å². The lowest BCUT2D eigenvalue weighted by atomic mass is 9.98. The highest BCUT2D eigenvalue weighted by molar-refractivity contribution is 7.85. The maximum Gasteiger partial charge on any atom is 0.255 e. The monoisotopic (exact) mass is 361 g/mol. The number of amides is 1. The van der Waals surface area contributed by atoms with Crippen LogP contribution >= 0.6 is 0 Å². The fraction of sp³-hybridized carbons (Fsp3) is 0.136. The molecule has 0 radical (unpaired) electrons. The molecule has 4 heteroatoms. The van der Waals surface area contributed by atoms with E-state index in [0.717, 1.165) is 21.6 Å². The fourth-order valence-electron chi connectivity index (χ4n) is 3.47. The fourth-order valence-corrected chi connectivity index (χ4v) is 4.53. The smallest absolute Gasteiger partial charge is 0.255 e. The van der Waals surface area contributed by atoms with Crippen molar-refractivity contribution < 1.29 is 9.00 Å². The molecule has 3 aromatic carbocycles. The van der Waals surface area contributed by atoms with Crippen molar-refractivity contribution in [3.8, 4) is 0 Å². The minimum atomic E-state index is -1.12. The van der Waals surface area contributed by atoms with E-state index in [1.165, 1.54) is 0 Å². The summed E-state index contributed by atoms with van der Waals surface area (Å²) in [7, 11) is -1.12. The summed E-state index contributed by atoms with van der Waals surface area (Å²) in [5.74, 6) is 0.437. The predicted octanol–water partition coefficient (Wildman–Crippen LogP) is 4.04. The molecule has 130 valence electrons. The van der Waals surface area contributed by atoms with Crippen molar-refractivity contribution in [3.05, 3.63) is 102 Å². The summed E-state index contributed by atoms with van der Waals surface area (Å²) >= 11 is 0. The summed E-state index contributed by atoms with van der Waals surface area (Å²) in [6.45, 7) is 0.453. The van der Waals surface area contributed by atoms with Gasteiger partial charge in [-0.2, -0.15) is 0 Å². The van der Waals surface area contributed by atoms with Crippen molar-refractivity contribution in [3.63, 3.8) is 0 Å². The van der Waals surface area contributed by atoms with E-state index >= 15 is 0 Å². The molecule has 0 saturated carbocycles. The van der Waals surface area contributed by atoms with Crippen LogP contribution in [0.1, 0.15) is 27.5 Å². The quantitative estimate of drug-likeness (QED) is 0.688. The largest absolute Gasteiger partial charge is 0.327 e. The number of rotatable bonds is 5. The number of fused-ring (bicyclic) bond motifs is 1. The van der Waals surface area contributed by atoms with E-state index in [1.54, 1.807) is 0 Å². The van der Waals surface area contributed by atoms with Gasteiger partial charge in [-0.3, -0.25) is 9.00 Å². The van der Waals surface area contributed by atoms with Gasteiger partial charge in [0.05, 0.1) is 16.8 Å². The lowest BCUT2D eigenvalue weighted by molar-refractivity contribution is 0.0761. The molecule has 1 amide bonds. The van der Waals surface area contributed by atoms with Crippen LogP contribution in [0.4, 0.5) is 0 Å². The first kappa shape index (κ1) is 16.7. The Bertz CT molecular complexity index is 941. The molecule has 4 rings (SSSR count). The summed E-state index contributed by atoms with van der Waals surface area (Å²) in [5.41, 5.74) is 2.84. The van der Waals surface area contributed by atoms with Crippen LogP contribution in [-0.4, -0.2) is 27.3 Å². The maximum atomic E-state index is 13.0. The van der Waals surface area contributed by atoms with Gasteiger partial charge in [-0.15, -0.1) is 0 Å². The van der Waals surface area contributed by atoms with Crippen LogP contribution in [0.25, 0.3) is 0 Å². The van der Waals surface area contributed by atoms with Gasteiger partial charge >= 0.3 is 0 Å². The summed E-state index contributed by atoms with van der Waals surface area (Å²) in [6, 6.07) is 27.1. The Hall–Kier alpha value is -2.72. The molecule has 0 aromatic heterocycles.